The molecule has 0 rings (SSSR count). The molecule has 0 saturated carbocycles. The van der Waals surface area contributed by atoms with E-state index >= 15 is 0 Å². The van der Waals surface area contributed by atoms with Crippen LogP contribution < -0.4 is 29.6 Å². The Morgan fingerprint density at radius 1 is 0.727 bits per heavy atom. The quantitative estimate of drug-likeness (QED) is 0.585. The van der Waals surface area contributed by atoms with Gasteiger partial charge in [0.1, 0.15) is 0 Å². The van der Waals surface area contributed by atoms with E-state index in [1.54, 1.807) is 0 Å². The van der Waals surface area contributed by atoms with Gasteiger partial charge in [-0.2, -0.15) is 0 Å². The van der Waals surface area contributed by atoms with Gasteiger partial charge in [-0.3, -0.25) is 9.59 Å². The van der Waals surface area contributed by atoms with Crippen LogP contribution >= 0.6 is 0 Å². The standard InChI is InChI=1S/2C8H16O2.2Na.H/c2*1-3-5-7(6-4-2)8(9)10;;;/h2*7H,3-6H2,1-2H3,(H,9,10);;;/q;;;+1;/p+1. The van der Waals surface area contributed by atoms with Gasteiger partial charge in [0.2, 0.25) is 0 Å². The molecule has 4 nitrogen and oxygen atoms in total. The Balaban J connectivity index is -0.0000000831. The molecule has 0 aliphatic heterocycles. The third-order valence-corrected chi connectivity index (χ3v) is 3.25. The van der Waals surface area contributed by atoms with E-state index in [1.807, 2.05) is 27.7 Å². The molecule has 6 heteroatoms. The van der Waals surface area contributed by atoms with Crippen LogP contribution in [0.5, 0.6) is 0 Å². The van der Waals surface area contributed by atoms with Gasteiger partial charge in [-0.1, -0.05) is 53.4 Å². The maximum atomic E-state index is 10.5. The zero-order valence-corrected chi connectivity index (χ0v) is 16.5. The predicted molar refractivity (Wildman–Crippen MR) is 90.1 cm³/mol. The van der Waals surface area contributed by atoms with E-state index in [0.717, 1.165) is 51.4 Å². The second-order valence-corrected chi connectivity index (χ2v) is 5.23. The first-order valence-electron chi connectivity index (χ1n) is 7.89. The number of carboxylic acids is 2. The Kier molecular flexibility index (Phi) is 30.7. The molecule has 0 heterocycles. The van der Waals surface area contributed by atoms with Crippen LogP contribution in [-0.4, -0.2) is 51.7 Å². The Morgan fingerprint density at radius 3 is 1.00 bits per heavy atom. The molecular formula is C16H34Na2O4+2. The summed E-state index contributed by atoms with van der Waals surface area (Å²) in [5, 5.41) is 17.3. The molecule has 0 aliphatic rings. The average molecular weight is 336 g/mol. The molecule has 0 atom stereocenters. The van der Waals surface area contributed by atoms with Gasteiger partial charge in [0.05, 0.1) is 11.8 Å². The molecule has 0 amide bonds. The van der Waals surface area contributed by atoms with E-state index in [4.69, 9.17) is 10.2 Å². The Hall–Kier alpha value is 0.940. The van der Waals surface area contributed by atoms with Gasteiger partial charge in [0.25, 0.3) is 0 Å². The first kappa shape index (κ1) is 30.8. The van der Waals surface area contributed by atoms with Crippen molar-refractivity contribution in [3.05, 3.63) is 0 Å². The van der Waals surface area contributed by atoms with Crippen LogP contribution in [0, 0.1) is 11.8 Å². The zero-order valence-electron chi connectivity index (χ0n) is 15.5. The van der Waals surface area contributed by atoms with E-state index < -0.39 is 11.9 Å². The Bertz CT molecular complexity index is 228. The summed E-state index contributed by atoms with van der Waals surface area (Å²) in [7, 11) is 0. The summed E-state index contributed by atoms with van der Waals surface area (Å²) >= 11 is 0. The number of hydrogen-bond acceptors (Lipinski definition) is 2. The molecule has 0 aromatic heterocycles. The van der Waals surface area contributed by atoms with Crippen molar-refractivity contribution in [2.75, 3.05) is 0 Å². The van der Waals surface area contributed by atoms with Crippen molar-refractivity contribution < 1.29 is 50.8 Å². The average Bonchev–Trinajstić information content (AvgIpc) is 2.38. The van der Waals surface area contributed by atoms with Crippen molar-refractivity contribution in [1.29, 1.82) is 0 Å². The van der Waals surface area contributed by atoms with Crippen molar-refractivity contribution in [3.8, 4) is 0 Å². The van der Waals surface area contributed by atoms with E-state index in [-0.39, 0.29) is 72.4 Å². The van der Waals surface area contributed by atoms with E-state index in [2.05, 4.69) is 0 Å². The molecule has 0 aliphatic carbocycles. The minimum atomic E-state index is -0.635. The van der Waals surface area contributed by atoms with Gasteiger partial charge in [0.15, 0.2) is 0 Å². The summed E-state index contributed by atoms with van der Waals surface area (Å²) < 4.78 is 0. The van der Waals surface area contributed by atoms with Crippen LogP contribution in [0.25, 0.3) is 0 Å². The first-order valence-corrected chi connectivity index (χ1v) is 7.89. The topological polar surface area (TPSA) is 74.6 Å². The van der Waals surface area contributed by atoms with Crippen molar-refractivity contribution in [2.45, 2.75) is 79.1 Å². The third-order valence-electron chi connectivity index (χ3n) is 3.25. The van der Waals surface area contributed by atoms with Crippen LogP contribution in [0.3, 0.4) is 0 Å². The second kappa shape index (κ2) is 21.9. The molecular weight excluding hydrogens is 302 g/mol. The molecule has 122 valence electrons. The van der Waals surface area contributed by atoms with Gasteiger partial charge >= 0.3 is 72.5 Å². The summed E-state index contributed by atoms with van der Waals surface area (Å²) in [5.74, 6) is -1.47. The van der Waals surface area contributed by atoms with Gasteiger partial charge in [-0.25, -0.2) is 0 Å². The van der Waals surface area contributed by atoms with E-state index in [0.29, 0.717) is 0 Å². The number of aliphatic carboxylic acids is 2. The van der Waals surface area contributed by atoms with E-state index in [1.165, 1.54) is 0 Å². The molecule has 0 aromatic rings. The molecule has 0 bridgehead atoms. The van der Waals surface area contributed by atoms with E-state index in [9.17, 15) is 9.59 Å². The normalized spacial score (nSPS) is 9.36. The van der Waals surface area contributed by atoms with Crippen molar-refractivity contribution >= 4 is 41.5 Å². The van der Waals surface area contributed by atoms with Gasteiger partial charge in [0, 0.05) is 0 Å². The van der Waals surface area contributed by atoms with Crippen LogP contribution in [-0.2, 0) is 9.59 Å². The van der Waals surface area contributed by atoms with Crippen LogP contribution in [0.15, 0.2) is 0 Å². The molecule has 2 N–H and O–H groups in total. The molecule has 0 radical (unpaired) electrons. The molecule has 0 spiro atoms. The minimum absolute atomic E-state index is 0. The third kappa shape index (κ3) is 19.0. The fourth-order valence-electron chi connectivity index (χ4n) is 2.18. The van der Waals surface area contributed by atoms with Crippen molar-refractivity contribution in [3.63, 3.8) is 0 Å². The van der Waals surface area contributed by atoms with Crippen LogP contribution in [0.4, 0.5) is 0 Å². The first-order chi connectivity index (χ1) is 9.44. The van der Waals surface area contributed by atoms with Crippen molar-refractivity contribution in [1.82, 2.24) is 0 Å². The maximum absolute atomic E-state index is 10.5. The zero-order chi connectivity index (χ0) is 16.0. The molecule has 22 heavy (non-hydrogen) atoms. The van der Waals surface area contributed by atoms with Crippen molar-refractivity contribution in [2.24, 2.45) is 11.8 Å². The molecule has 0 fully saturated rings. The summed E-state index contributed by atoms with van der Waals surface area (Å²) in [6.07, 6.45) is 7.17. The van der Waals surface area contributed by atoms with Crippen LogP contribution in [0.1, 0.15) is 80.5 Å². The van der Waals surface area contributed by atoms with Gasteiger partial charge in [-0.15, -0.1) is 0 Å². The van der Waals surface area contributed by atoms with Gasteiger partial charge < -0.3 is 10.2 Å². The Labute approximate surface area is 181 Å². The predicted octanol–water partition coefficient (Wildman–Crippen LogP) is 1.04. The summed E-state index contributed by atoms with van der Waals surface area (Å²) in [4.78, 5) is 21.0. The number of rotatable bonds is 10. The summed E-state index contributed by atoms with van der Waals surface area (Å²) in [6, 6.07) is 0. The summed E-state index contributed by atoms with van der Waals surface area (Å²) in [5.41, 5.74) is 0. The van der Waals surface area contributed by atoms with Gasteiger partial charge in [-0.05, 0) is 25.7 Å². The summed E-state index contributed by atoms with van der Waals surface area (Å²) in [6.45, 7) is 8.08. The van der Waals surface area contributed by atoms with Crippen LogP contribution in [0.2, 0.25) is 0 Å². The molecule has 0 saturated heterocycles. The molecule has 0 unspecified atom stereocenters. The SMILES string of the molecule is CCCC(CCC)C(=O)O.CCCC(CCC)C(=O)O.[H+].[Na+].[NaH]. The fourth-order valence-corrected chi connectivity index (χ4v) is 2.18. The number of carbonyl (C=O) groups is 2. The monoisotopic (exact) mass is 336 g/mol. The molecule has 0 aromatic carbocycles. The fraction of sp³-hybridized carbons (Fsp3) is 0.875. The second-order valence-electron chi connectivity index (χ2n) is 5.23. The Morgan fingerprint density at radius 2 is 0.909 bits per heavy atom. The number of hydrogen-bond donors (Lipinski definition) is 2. The number of carboxylic acid groups (broad SMARTS) is 2.